The number of benzene rings is 1. The van der Waals surface area contributed by atoms with Gasteiger partial charge in [0.2, 0.25) is 5.71 Å². The Morgan fingerprint density at radius 2 is 1.39 bits per heavy atom. The molecule has 6 nitrogen and oxygen atoms in total. The van der Waals surface area contributed by atoms with E-state index in [1.54, 1.807) is 5.32 Å². The molecule has 0 unspecified atom stereocenters. The van der Waals surface area contributed by atoms with Gasteiger partial charge in [-0.15, -0.1) is 0 Å². The van der Waals surface area contributed by atoms with Crippen LogP contribution in [0.2, 0.25) is 0 Å². The van der Waals surface area contributed by atoms with E-state index in [0.717, 1.165) is 18.2 Å². The molecular formula is C13H8F9N3O3. The Balaban J connectivity index is 2.74. The van der Waals surface area contributed by atoms with Gasteiger partial charge in [-0.25, -0.2) is 0 Å². The predicted octanol–water partition coefficient (Wildman–Crippen LogP) is 3.04. The Morgan fingerprint density at radius 1 is 0.893 bits per heavy atom. The molecule has 1 aromatic carbocycles. The molecule has 4 N–H and O–H groups in total. The van der Waals surface area contributed by atoms with Crippen LogP contribution >= 0.6 is 0 Å². The van der Waals surface area contributed by atoms with Gasteiger partial charge in [0.25, 0.3) is 11.6 Å². The van der Waals surface area contributed by atoms with Crippen molar-refractivity contribution >= 4 is 23.0 Å². The van der Waals surface area contributed by atoms with Crippen molar-refractivity contribution in [3.8, 4) is 0 Å². The van der Waals surface area contributed by atoms with Crippen LogP contribution in [0.3, 0.4) is 0 Å². The number of aliphatic hydroxyl groups is 1. The maximum absolute atomic E-state index is 14.4. The molecule has 1 heterocycles. The number of hydrogen-bond acceptors (Lipinski definition) is 5. The number of nitrogens with zero attached hydrogens (tertiary/aromatic N) is 1. The minimum absolute atomic E-state index is 0.466. The van der Waals surface area contributed by atoms with Gasteiger partial charge in [0.1, 0.15) is 0 Å². The number of oxime groups is 1. The first-order valence-electron chi connectivity index (χ1n) is 6.88. The standard InChI is InChI=1S/C13H8F9N3O3/c14-10(15,11(16,17)12(18,19)13(20,21)22)9(27)7(25-28)8(26)23-5-3-1-2-4-6(5)24-9/h1-4,24,27-28H,(H,23,26)/b25-7-/t9-/m0/s1. The number of hydrogen-bond donors (Lipinski definition) is 4. The molecule has 0 saturated heterocycles. The summed E-state index contributed by atoms with van der Waals surface area (Å²) in [7, 11) is 0. The Kier molecular flexibility index (Phi) is 4.74. The number of fused-ring (bicyclic) bond motifs is 1. The molecule has 1 aliphatic heterocycles. The van der Waals surface area contributed by atoms with Gasteiger partial charge in [0, 0.05) is 0 Å². The highest BCUT2D eigenvalue weighted by molar-refractivity contribution is 6.47. The van der Waals surface area contributed by atoms with E-state index in [0.29, 0.717) is 0 Å². The lowest BCUT2D eigenvalue weighted by atomic mass is 9.89. The van der Waals surface area contributed by atoms with Crippen molar-refractivity contribution in [1.82, 2.24) is 0 Å². The van der Waals surface area contributed by atoms with Gasteiger partial charge in [-0.2, -0.15) is 39.5 Å². The van der Waals surface area contributed by atoms with Gasteiger partial charge >= 0.3 is 23.9 Å². The molecule has 28 heavy (non-hydrogen) atoms. The second-order valence-electron chi connectivity index (χ2n) is 5.50. The van der Waals surface area contributed by atoms with Gasteiger partial charge in [-0.1, -0.05) is 17.3 Å². The first-order valence-corrected chi connectivity index (χ1v) is 6.88. The lowest BCUT2D eigenvalue weighted by Crippen LogP contribution is -2.73. The zero-order valence-corrected chi connectivity index (χ0v) is 13.0. The van der Waals surface area contributed by atoms with Gasteiger partial charge in [-0.3, -0.25) is 4.79 Å². The third-order valence-corrected chi connectivity index (χ3v) is 3.75. The molecular weight excluding hydrogens is 417 g/mol. The maximum atomic E-state index is 14.4. The lowest BCUT2D eigenvalue weighted by molar-refractivity contribution is -0.408. The van der Waals surface area contributed by atoms with Crippen molar-refractivity contribution in [2.24, 2.45) is 5.16 Å². The first kappa shape index (κ1) is 21.6. The number of amides is 1. The van der Waals surface area contributed by atoms with Crippen LogP contribution in [0.5, 0.6) is 0 Å². The molecule has 156 valence electrons. The Labute approximate surface area is 148 Å². The summed E-state index contributed by atoms with van der Waals surface area (Å²) in [5.74, 6) is -23.3. The van der Waals surface area contributed by atoms with Gasteiger partial charge in [0.05, 0.1) is 11.4 Å². The molecule has 0 bridgehead atoms. The van der Waals surface area contributed by atoms with Crippen LogP contribution in [0.4, 0.5) is 50.9 Å². The first-order chi connectivity index (χ1) is 12.5. The topological polar surface area (TPSA) is 94.0 Å². The molecule has 1 aliphatic rings. The molecule has 0 spiro atoms. The lowest BCUT2D eigenvalue weighted by Gasteiger charge is -2.41. The van der Waals surface area contributed by atoms with Crippen molar-refractivity contribution in [1.29, 1.82) is 0 Å². The number of rotatable bonds is 3. The molecule has 0 aliphatic carbocycles. The van der Waals surface area contributed by atoms with Crippen LogP contribution in [0.1, 0.15) is 0 Å². The number of alkyl halides is 9. The van der Waals surface area contributed by atoms with E-state index < -0.39 is 52.7 Å². The van der Waals surface area contributed by atoms with Crippen LogP contribution in [-0.2, 0) is 4.79 Å². The van der Waals surface area contributed by atoms with E-state index in [1.807, 2.05) is 5.16 Å². The van der Waals surface area contributed by atoms with Crippen LogP contribution in [-0.4, -0.2) is 51.6 Å². The fourth-order valence-electron chi connectivity index (χ4n) is 2.25. The number of carbonyl (C=O) groups excluding carboxylic acids is 1. The smallest absolute Gasteiger partial charge is 0.410 e. The highest BCUT2D eigenvalue weighted by Gasteiger charge is 2.87. The molecule has 1 amide bonds. The van der Waals surface area contributed by atoms with Crippen molar-refractivity contribution in [3.63, 3.8) is 0 Å². The average Bonchev–Trinajstić information content (AvgIpc) is 2.66. The van der Waals surface area contributed by atoms with Crippen LogP contribution in [0.25, 0.3) is 0 Å². The normalized spacial score (nSPS) is 22.9. The summed E-state index contributed by atoms with van der Waals surface area (Å²) in [5, 5.41) is 23.6. The Hall–Kier alpha value is -2.71. The predicted molar refractivity (Wildman–Crippen MR) is 73.8 cm³/mol. The molecule has 0 fully saturated rings. The van der Waals surface area contributed by atoms with Gasteiger partial charge in [0.15, 0.2) is 0 Å². The van der Waals surface area contributed by atoms with Gasteiger partial charge in [-0.05, 0) is 12.1 Å². The highest BCUT2D eigenvalue weighted by Crippen LogP contribution is 2.56. The number of nitrogens with one attached hydrogen (secondary N) is 2. The van der Waals surface area contributed by atoms with E-state index in [9.17, 15) is 49.4 Å². The molecule has 1 aromatic rings. The zero-order chi connectivity index (χ0) is 21.8. The summed E-state index contributed by atoms with van der Waals surface area (Å²) in [4.78, 5) is 11.9. The van der Waals surface area contributed by atoms with Crippen molar-refractivity contribution < 1.29 is 54.6 Å². The molecule has 1 atom stereocenters. The molecule has 2 rings (SSSR count). The van der Waals surface area contributed by atoms with E-state index in [-0.39, 0.29) is 0 Å². The average molecular weight is 425 g/mol. The number of halogens is 9. The number of carbonyl (C=O) groups is 1. The summed E-state index contributed by atoms with van der Waals surface area (Å²) in [6.07, 6.45) is -7.16. The minimum Gasteiger partial charge on any atom is -0.410 e. The molecule has 15 heteroatoms. The number of para-hydroxylation sites is 2. The largest absolute Gasteiger partial charge is 0.460 e. The fourth-order valence-corrected chi connectivity index (χ4v) is 2.25. The summed E-state index contributed by atoms with van der Waals surface area (Å²) >= 11 is 0. The summed E-state index contributed by atoms with van der Waals surface area (Å²) in [5.41, 5.74) is -8.50. The van der Waals surface area contributed by atoms with Gasteiger partial charge < -0.3 is 20.9 Å². The third kappa shape index (κ3) is 2.71. The minimum atomic E-state index is -7.34. The molecule has 0 saturated carbocycles. The zero-order valence-electron chi connectivity index (χ0n) is 13.0. The molecule has 0 radical (unpaired) electrons. The number of anilines is 2. The Morgan fingerprint density at radius 3 is 1.86 bits per heavy atom. The van der Waals surface area contributed by atoms with Crippen molar-refractivity contribution in [3.05, 3.63) is 24.3 Å². The quantitative estimate of drug-likeness (QED) is 0.340. The maximum Gasteiger partial charge on any atom is 0.460 e. The van der Waals surface area contributed by atoms with E-state index in [2.05, 4.69) is 0 Å². The van der Waals surface area contributed by atoms with E-state index >= 15 is 0 Å². The fraction of sp³-hybridized carbons (Fsp3) is 0.385. The monoisotopic (exact) mass is 425 g/mol. The highest BCUT2D eigenvalue weighted by atomic mass is 19.4. The second kappa shape index (κ2) is 6.15. The van der Waals surface area contributed by atoms with Crippen LogP contribution in [0, 0.1) is 0 Å². The van der Waals surface area contributed by atoms with Crippen molar-refractivity contribution in [2.45, 2.75) is 29.7 Å². The van der Waals surface area contributed by atoms with Crippen molar-refractivity contribution in [2.75, 3.05) is 10.6 Å². The van der Waals surface area contributed by atoms with Crippen LogP contribution in [0.15, 0.2) is 29.4 Å². The van der Waals surface area contributed by atoms with Crippen LogP contribution < -0.4 is 10.6 Å². The summed E-state index contributed by atoms with van der Waals surface area (Å²) in [6, 6.07) is 4.00. The van der Waals surface area contributed by atoms with E-state index in [1.165, 1.54) is 11.4 Å². The third-order valence-electron chi connectivity index (χ3n) is 3.75. The summed E-state index contributed by atoms with van der Waals surface area (Å²) in [6.45, 7) is 0. The Bertz CT molecular complexity index is 825. The van der Waals surface area contributed by atoms with E-state index in [4.69, 9.17) is 5.21 Å². The SMILES string of the molecule is O=C1Nc2ccccc2N[C@@](O)(C(F)(F)C(F)(F)C(F)(F)C(F)(F)F)/C1=N\O. The second-order valence-corrected chi connectivity index (χ2v) is 5.50. The summed E-state index contributed by atoms with van der Waals surface area (Å²) < 4.78 is 119. The molecule has 0 aromatic heterocycles.